The second-order valence-corrected chi connectivity index (χ2v) is 2.70. The summed E-state index contributed by atoms with van der Waals surface area (Å²) in [7, 11) is 0. The lowest BCUT2D eigenvalue weighted by Crippen LogP contribution is -2.13. The molecule has 0 bridgehead atoms. The molecule has 0 atom stereocenters. The van der Waals surface area contributed by atoms with Crippen molar-refractivity contribution in [1.82, 2.24) is 9.97 Å². The van der Waals surface area contributed by atoms with Gasteiger partial charge in [-0.05, 0) is 25.5 Å². The minimum absolute atomic E-state index is 0.330. The molecule has 0 aliphatic carbocycles. The fourth-order valence-electron chi connectivity index (χ4n) is 0.955. The quantitative estimate of drug-likeness (QED) is 0.556. The number of aromatic amines is 1. The Morgan fingerprint density at radius 1 is 1.54 bits per heavy atom. The molecule has 1 heterocycles. The van der Waals surface area contributed by atoms with Crippen molar-refractivity contribution in [3.05, 3.63) is 22.7 Å². The van der Waals surface area contributed by atoms with Gasteiger partial charge in [-0.1, -0.05) is 0 Å². The molecule has 0 aliphatic heterocycles. The van der Waals surface area contributed by atoms with Gasteiger partial charge >= 0.3 is 5.69 Å². The second kappa shape index (κ2) is 5.31. The molecule has 5 heteroatoms. The van der Waals surface area contributed by atoms with Crippen molar-refractivity contribution >= 4 is 5.82 Å². The number of nitrogens with one attached hydrogen (secondary N) is 2. The van der Waals surface area contributed by atoms with Crippen LogP contribution >= 0.6 is 0 Å². The minimum atomic E-state index is -0.330. The number of hydrogen-bond acceptors (Lipinski definition) is 4. The highest BCUT2D eigenvalue weighted by Gasteiger charge is 1.92. The maximum Gasteiger partial charge on any atom is 0.346 e. The van der Waals surface area contributed by atoms with Crippen molar-refractivity contribution in [2.45, 2.75) is 12.8 Å². The number of H-pyrrole nitrogens is 1. The van der Waals surface area contributed by atoms with Gasteiger partial charge < -0.3 is 16.0 Å². The summed E-state index contributed by atoms with van der Waals surface area (Å²) >= 11 is 0. The number of unbranched alkanes of at least 4 members (excludes halogenated alkanes) is 1. The second-order valence-electron chi connectivity index (χ2n) is 2.70. The van der Waals surface area contributed by atoms with Crippen LogP contribution in [-0.2, 0) is 0 Å². The number of rotatable bonds is 5. The van der Waals surface area contributed by atoms with E-state index in [4.69, 9.17) is 5.73 Å². The first-order chi connectivity index (χ1) is 6.33. The van der Waals surface area contributed by atoms with E-state index < -0.39 is 0 Å². The molecule has 0 spiro atoms. The van der Waals surface area contributed by atoms with Gasteiger partial charge in [0, 0.05) is 12.7 Å². The fourth-order valence-corrected chi connectivity index (χ4v) is 0.955. The van der Waals surface area contributed by atoms with E-state index in [2.05, 4.69) is 15.3 Å². The van der Waals surface area contributed by atoms with Gasteiger partial charge in [-0.3, -0.25) is 0 Å². The Morgan fingerprint density at radius 2 is 2.38 bits per heavy atom. The van der Waals surface area contributed by atoms with Crippen LogP contribution in [0.2, 0.25) is 0 Å². The summed E-state index contributed by atoms with van der Waals surface area (Å²) < 4.78 is 0. The Kier molecular flexibility index (Phi) is 3.98. The summed E-state index contributed by atoms with van der Waals surface area (Å²) in [4.78, 5) is 16.9. The molecule has 0 amide bonds. The molecule has 0 radical (unpaired) electrons. The van der Waals surface area contributed by atoms with Gasteiger partial charge in [0.2, 0.25) is 0 Å². The number of hydrogen-bond donors (Lipinski definition) is 3. The first kappa shape index (κ1) is 9.73. The summed E-state index contributed by atoms with van der Waals surface area (Å²) in [5.41, 5.74) is 5.00. The number of anilines is 1. The maximum atomic E-state index is 10.8. The first-order valence-electron chi connectivity index (χ1n) is 4.32. The molecular weight excluding hydrogens is 168 g/mol. The Morgan fingerprint density at radius 3 is 3.08 bits per heavy atom. The zero-order chi connectivity index (χ0) is 9.52. The largest absolute Gasteiger partial charge is 0.370 e. The predicted molar refractivity (Wildman–Crippen MR) is 51.6 cm³/mol. The number of aromatic nitrogens is 2. The van der Waals surface area contributed by atoms with Crippen LogP contribution in [0.15, 0.2) is 17.1 Å². The van der Waals surface area contributed by atoms with Crippen LogP contribution in [0.4, 0.5) is 5.82 Å². The molecule has 0 fully saturated rings. The standard InChI is InChI=1S/C8H14N4O/c9-4-1-2-5-10-7-3-6-11-8(13)12-7/h3,6H,1-2,4-5,9H2,(H2,10,11,12,13). The molecule has 0 aliphatic rings. The van der Waals surface area contributed by atoms with E-state index in [1.165, 1.54) is 0 Å². The molecule has 1 aromatic heterocycles. The predicted octanol–water partition coefficient (Wildman–Crippen LogP) is -0.0793. The van der Waals surface area contributed by atoms with Gasteiger partial charge in [0.05, 0.1) is 0 Å². The van der Waals surface area contributed by atoms with Gasteiger partial charge in [0.15, 0.2) is 0 Å². The van der Waals surface area contributed by atoms with Gasteiger partial charge in [0.25, 0.3) is 0 Å². The molecule has 5 nitrogen and oxygen atoms in total. The van der Waals surface area contributed by atoms with E-state index in [0.29, 0.717) is 12.4 Å². The molecule has 0 aromatic carbocycles. The summed E-state index contributed by atoms with van der Waals surface area (Å²) in [5.74, 6) is 0.612. The highest BCUT2D eigenvalue weighted by molar-refractivity contribution is 5.31. The SMILES string of the molecule is NCCCCNc1cc[nH]c(=O)n1. The summed E-state index contributed by atoms with van der Waals surface area (Å²) in [6, 6.07) is 1.73. The molecule has 0 unspecified atom stereocenters. The molecular formula is C8H14N4O. The van der Waals surface area contributed by atoms with Crippen molar-refractivity contribution in [3.8, 4) is 0 Å². The molecule has 1 aromatic rings. The average molecular weight is 182 g/mol. The van der Waals surface area contributed by atoms with Crippen LogP contribution in [0, 0.1) is 0 Å². The molecule has 4 N–H and O–H groups in total. The van der Waals surface area contributed by atoms with Crippen LogP contribution in [-0.4, -0.2) is 23.1 Å². The summed E-state index contributed by atoms with van der Waals surface area (Å²) in [6.45, 7) is 1.50. The van der Waals surface area contributed by atoms with Crippen molar-refractivity contribution in [2.24, 2.45) is 5.73 Å². The van der Waals surface area contributed by atoms with Crippen molar-refractivity contribution in [3.63, 3.8) is 0 Å². The van der Waals surface area contributed by atoms with E-state index in [1.807, 2.05) is 0 Å². The third kappa shape index (κ3) is 3.71. The van der Waals surface area contributed by atoms with Crippen LogP contribution in [0.25, 0.3) is 0 Å². The average Bonchev–Trinajstić information content (AvgIpc) is 2.13. The Hall–Kier alpha value is -1.36. The fraction of sp³-hybridized carbons (Fsp3) is 0.500. The monoisotopic (exact) mass is 182 g/mol. The zero-order valence-corrected chi connectivity index (χ0v) is 7.42. The maximum absolute atomic E-state index is 10.8. The van der Waals surface area contributed by atoms with Crippen molar-refractivity contribution in [1.29, 1.82) is 0 Å². The lowest BCUT2D eigenvalue weighted by Gasteiger charge is -2.02. The zero-order valence-electron chi connectivity index (χ0n) is 7.42. The van der Waals surface area contributed by atoms with Crippen molar-refractivity contribution in [2.75, 3.05) is 18.4 Å². The van der Waals surface area contributed by atoms with Gasteiger partial charge in [0.1, 0.15) is 5.82 Å². The van der Waals surface area contributed by atoms with Crippen LogP contribution in [0.1, 0.15) is 12.8 Å². The van der Waals surface area contributed by atoms with Crippen LogP contribution in [0.5, 0.6) is 0 Å². The van der Waals surface area contributed by atoms with E-state index in [1.54, 1.807) is 12.3 Å². The summed E-state index contributed by atoms with van der Waals surface area (Å²) in [5, 5.41) is 3.03. The highest BCUT2D eigenvalue weighted by atomic mass is 16.1. The lowest BCUT2D eigenvalue weighted by atomic mass is 10.3. The molecule has 13 heavy (non-hydrogen) atoms. The number of nitrogens with zero attached hydrogens (tertiary/aromatic N) is 1. The van der Waals surface area contributed by atoms with E-state index in [9.17, 15) is 4.79 Å². The topological polar surface area (TPSA) is 83.8 Å². The van der Waals surface area contributed by atoms with Crippen LogP contribution in [0.3, 0.4) is 0 Å². The molecule has 0 saturated heterocycles. The third-order valence-electron chi connectivity index (χ3n) is 1.61. The Balaban J connectivity index is 2.33. The normalized spacial score (nSPS) is 9.92. The number of nitrogens with two attached hydrogens (primary N) is 1. The van der Waals surface area contributed by atoms with E-state index >= 15 is 0 Å². The minimum Gasteiger partial charge on any atom is -0.370 e. The van der Waals surface area contributed by atoms with Gasteiger partial charge in [-0.25, -0.2) is 4.79 Å². The highest BCUT2D eigenvalue weighted by Crippen LogP contribution is 1.96. The van der Waals surface area contributed by atoms with Crippen molar-refractivity contribution < 1.29 is 0 Å². The molecule has 1 rings (SSSR count). The van der Waals surface area contributed by atoms with Crippen LogP contribution < -0.4 is 16.7 Å². The smallest absolute Gasteiger partial charge is 0.346 e. The Labute approximate surface area is 76.4 Å². The summed E-state index contributed by atoms with van der Waals surface area (Å²) in [6.07, 6.45) is 3.54. The van der Waals surface area contributed by atoms with E-state index in [-0.39, 0.29) is 5.69 Å². The molecule has 72 valence electrons. The molecule has 0 saturated carbocycles. The Bertz CT molecular complexity index is 296. The van der Waals surface area contributed by atoms with E-state index in [0.717, 1.165) is 19.4 Å². The van der Waals surface area contributed by atoms with Gasteiger partial charge in [-0.15, -0.1) is 0 Å². The lowest BCUT2D eigenvalue weighted by molar-refractivity contribution is 0.771. The third-order valence-corrected chi connectivity index (χ3v) is 1.61. The first-order valence-corrected chi connectivity index (χ1v) is 4.32. The van der Waals surface area contributed by atoms with Gasteiger partial charge in [-0.2, -0.15) is 4.98 Å².